The summed E-state index contributed by atoms with van der Waals surface area (Å²) in [5.74, 6) is -0.821. The number of benzene rings is 1. The summed E-state index contributed by atoms with van der Waals surface area (Å²) >= 11 is 0. The smallest absolute Gasteiger partial charge is 0.290 e. The van der Waals surface area contributed by atoms with Crippen LogP contribution in [-0.2, 0) is 9.53 Å². The standard InChI is InChI=1S/C6H4F2.C5H10O.CH2O2/c7-5-1-2-6(8)4-3-5;1-5-3-2-4-6-5;2-1-3/h1-4H;5H,2-4H2,1H3;1H,(H,2,3). The first kappa shape index (κ1) is 15.5. The average molecular weight is 246 g/mol. The minimum absolute atomic E-state index is 0.250. The summed E-state index contributed by atoms with van der Waals surface area (Å²) in [5, 5.41) is 6.89. The molecule has 1 saturated heterocycles. The number of rotatable bonds is 0. The van der Waals surface area contributed by atoms with Gasteiger partial charge in [-0.25, -0.2) is 8.78 Å². The number of halogens is 2. The van der Waals surface area contributed by atoms with Crippen molar-refractivity contribution < 1.29 is 23.4 Å². The summed E-state index contributed by atoms with van der Waals surface area (Å²) in [7, 11) is 0. The maximum atomic E-state index is 11.9. The molecule has 5 heteroatoms. The number of carbonyl (C=O) groups is 1. The van der Waals surface area contributed by atoms with Gasteiger partial charge in [0.25, 0.3) is 6.47 Å². The van der Waals surface area contributed by atoms with E-state index in [2.05, 4.69) is 6.92 Å². The van der Waals surface area contributed by atoms with Crippen molar-refractivity contribution in [2.24, 2.45) is 0 Å². The molecule has 1 aromatic carbocycles. The third kappa shape index (κ3) is 9.44. The van der Waals surface area contributed by atoms with Crippen LogP contribution in [0.25, 0.3) is 0 Å². The van der Waals surface area contributed by atoms with Crippen LogP contribution in [0.1, 0.15) is 19.8 Å². The second-order valence-electron chi connectivity index (χ2n) is 3.37. The molecular weight excluding hydrogens is 230 g/mol. The van der Waals surface area contributed by atoms with E-state index in [9.17, 15) is 8.78 Å². The van der Waals surface area contributed by atoms with Gasteiger partial charge in [0.2, 0.25) is 0 Å². The maximum absolute atomic E-state index is 11.9. The lowest BCUT2D eigenvalue weighted by molar-refractivity contribution is -0.122. The van der Waals surface area contributed by atoms with Crippen molar-refractivity contribution in [1.29, 1.82) is 0 Å². The Morgan fingerprint density at radius 2 is 1.71 bits per heavy atom. The van der Waals surface area contributed by atoms with E-state index >= 15 is 0 Å². The van der Waals surface area contributed by atoms with Crippen LogP contribution in [0.5, 0.6) is 0 Å². The number of ether oxygens (including phenoxy) is 1. The summed E-state index contributed by atoms with van der Waals surface area (Å²) in [6, 6.07) is 4.31. The van der Waals surface area contributed by atoms with Crippen molar-refractivity contribution in [2.45, 2.75) is 25.9 Å². The zero-order valence-corrected chi connectivity index (χ0v) is 9.61. The van der Waals surface area contributed by atoms with Gasteiger partial charge in [0, 0.05) is 6.61 Å². The quantitative estimate of drug-likeness (QED) is 0.716. The predicted molar refractivity (Wildman–Crippen MR) is 59.7 cm³/mol. The second-order valence-corrected chi connectivity index (χ2v) is 3.37. The van der Waals surface area contributed by atoms with Crippen LogP contribution in [0.2, 0.25) is 0 Å². The summed E-state index contributed by atoms with van der Waals surface area (Å²) in [6.07, 6.45) is 3.08. The van der Waals surface area contributed by atoms with Crippen LogP contribution >= 0.6 is 0 Å². The highest BCUT2D eigenvalue weighted by Gasteiger charge is 2.07. The molecule has 1 heterocycles. The number of hydrogen-bond acceptors (Lipinski definition) is 2. The second kappa shape index (κ2) is 9.72. The van der Waals surface area contributed by atoms with Crippen molar-refractivity contribution in [1.82, 2.24) is 0 Å². The van der Waals surface area contributed by atoms with Crippen molar-refractivity contribution in [2.75, 3.05) is 6.61 Å². The van der Waals surface area contributed by atoms with E-state index in [0.717, 1.165) is 30.9 Å². The highest BCUT2D eigenvalue weighted by atomic mass is 19.1. The molecule has 0 spiro atoms. The van der Waals surface area contributed by atoms with E-state index in [1.54, 1.807) is 0 Å². The molecule has 1 atom stereocenters. The first-order valence-electron chi connectivity index (χ1n) is 5.20. The molecule has 3 nitrogen and oxygen atoms in total. The fraction of sp³-hybridized carbons (Fsp3) is 0.417. The van der Waals surface area contributed by atoms with E-state index in [1.165, 1.54) is 12.8 Å². The molecule has 1 unspecified atom stereocenters. The van der Waals surface area contributed by atoms with E-state index in [4.69, 9.17) is 14.6 Å². The predicted octanol–water partition coefficient (Wildman–Crippen LogP) is 2.85. The van der Waals surface area contributed by atoms with E-state index in [-0.39, 0.29) is 6.47 Å². The Bertz CT molecular complexity index is 274. The molecule has 0 aromatic heterocycles. The minimum Gasteiger partial charge on any atom is -0.483 e. The molecular formula is C12H16F2O3. The van der Waals surface area contributed by atoms with Crippen LogP contribution < -0.4 is 0 Å². The van der Waals surface area contributed by atoms with Gasteiger partial charge in [-0.15, -0.1) is 0 Å². The Morgan fingerprint density at radius 1 is 1.29 bits per heavy atom. The Morgan fingerprint density at radius 3 is 1.88 bits per heavy atom. The molecule has 0 radical (unpaired) electrons. The topological polar surface area (TPSA) is 46.5 Å². The fourth-order valence-electron chi connectivity index (χ4n) is 1.17. The number of hydrogen-bond donors (Lipinski definition) is 1. The Balaban J connectivity index is 0.000000252. The monoisotopic (exact) mass is 246 g/mol. The van der Waals surface area contributed by atoms with E-state index in [0.29, 0.717) is 6.10 Å². The number of carboxylic acid groups (broad SMARTS) is 1. The van der Waals surface area contributed by atoms with Crippen LogP contribution in [0.3, 0.4) is 0 Å². The molecule has 1 aliphatic heterocycles. The van der Waals surface area contributed by atoms with Gasteiger partial charge >= 0.3 is 0 Å². The van der Waals surface area contributed by atoms with Crippen LogP contribution in [0.4, 0.5) is 8.78 Å². The van der Waals surface area contributed by atoms with Gasteiger partial charge in [-0.2, -0.15) is 0 Å². The van der Waals surface area contributed by atoms with Crippen molar-refractivity contribution in [3.8, 4) is 0 Å². The lowest BCUT2D eigenvalue weighted by Gasteiger charge is -1.94. The van der Waals surface area contributed by atoms with Crippen molar-refractivity contribution in [3.05, 3.63) is 35.9 Å². The molecule has 1 aromatic rings. The molecule has 1 N–H and O–H groups in total. The fourth-order valence-corrected chi connectivity index (χ4v) is 1.17. The van der Waals surface area contributed by atoms with E-state index < -0.39 is 11.6 Å². The van der Waals surface area contributed by atoms with Crippen LogP contribution in [0.15, 0.2) is 24.3 Å². The highest BCUT2D eigenvalue weighted by molar-refractivity contribution is 5.32. The third-order valence-electron chi connectivity index (χ3n) is 1.96. The first-order chi connectivity index (χ1) is 8.10. The van der Waals surface area contributed by atoms with Crippen molar-refractivity contribution >= 4 is 6.47 Å². The average Bonchev–Trinajstić information content (AvgIpc) is 2.76. The normalized spacial score (nSPS) is 17.2. The largest absolute Gasteiger partial charge is 0.483 e. The SMILES string of the molecule is CC1CCCO1.Fc1ccc(F)cc1.O=CO. The molecule has 0 aliphatic carbocycles. The summed E-state index contributed by atoms with van der Waals surface area (Å²) < 4.78 is 29.0. The Kier molecular flexibility index (Phi) is 8.86. The minimum atomic E-state index is -0.411. The summed E-state index contributed by atoms with van der Waals surface area (Å²) in [5.41, 5.74) is 0. The van der Waals surface area contributed by atoms with Gasteiger partial charge in [0.1, 0.15) is 11.6 Å². The summed E-state index contributed by atoms with van der Waals surface area (Å²) in [6.45, 7) is 2.86. The van der Waals surface area contributed by atoms with Gasteiger partial charge in [-0.05, 0) is 44.0 Å². The van der Waals surface area contributed by atoms with Gasteiger partial charge in [-0.1, -0.05) is 0 Å². The van der Waals surface area contributed by atoms with Gasteiger partial charge < -0.3 is 9.84 Å². The molecule has 17 heavy (non-hydrogen) atoms. The highest BCUT2D eigenvalue weighted by Crippen LogP contribution is 2.09. The molecule has 0 saturated carbocycles. The Labute approximate surface area is 99.0 Å². The summed E-state index contributed by atoms with van der Waals surface area (Å²) in [4.78, 5) is 8.36. The zero-order chi connectivity index (χ0) is 13.1. The molecule has 2 rings (SSSR count). The van der Waals surface area contributed by atoms with E-state index in [1.807, 2.05) is 0 Å². The van der Waals surface area contributed by atoms with Crippen LogP contribution in [0, 0.1) is 11.6 Å². The third-order valence-corrected chi connectivity index (χ3v) is 1.96. The lowest BCUT2D eigenvalue weighted by atomic mass is 10.3. The van der Waals surface area contributed by atoms with Crippen molar-refractivity contribution in [3.63, 3.8) is 0 Å². The maximum Gasteiger partial charge on any atom is 0.290 e. The molecule has 96 valence electrons. The molecule has 1 aliphatic rings. The zero-order valence-electron chi connectivity index (χ0n) is 9.61. The first-order valence-corrected chi connectivity index (χ1v) is 5.20. The lowest BCUT2D eigenvalue weighted by Crippen LogP contribution is -1.94. The van der Waals surface area contributed by atoms with Gasteiger partial charge in [0.15, 0.2) is 0 Å². The van der Waals surface area contributed by atoms with Crippen LogP contribution in [-0.4, -0.2) is 24.3 Å². The Hall–Kier alpha value is -1.49. The van der Waals surface area contributed by atoms with Gasteiger partial charge in [0.05, 0.1) is 6.10 Å². The molecule has 0 amide bonds. The molecule has 1 fully saturated rings. The van der Waals surface area contributed by atoms with Gasteiger partial charge in [-0.3, -0.25) is 4.79 Å². The molecule has 0 bridgehead atoms.